The second-order valence-electron chi connectivity index (χ2n) is 15.9. The van der Waals surface area contributed by atoms with Crippen LogP contribution in [0.2, 0.25) is 0 Å². The summed E-state index contributed by atoms with van der Waals surface area (Å²) in [6, 6.07) is 0. The molecule has 4 saturated carbocycles. The average molecular weight is 613 g/mol. The van der Waals surface area contributed by atoms with Crippen molar-refractivity contribution >= 4 is 23.8 Å². The molecule has 2 amide bonds. The predicted molar refractivity (Wildman–Crippen MR) is 170 cm³/mol. The van der Waals surface area contributed by atoms with Gasteiger partial charge in [-0.2, -0.15) is 0 Å². The zero-order valence-electron chi connectivity index (χ0n) is 28.5. The number of carbonyl (C=O) groups is 4. The standard InChI is InChI=1S/C36H56N2O6/c1-22(2)31-25-11-15-35(31,9)19-27(25)43-29(39)13-17-37(32(41)23(3)4)21-38(33(42)24(5)6)18-14-30(40)44-28-20-36(10)16-12-26(28)34(36,7)8/h22,25-28,31H,3,5,11-21H2,1-2,4,6-10H3. The van der Waals surface area contributed by atoms with E-state index in [1.54, 1.807) is 13.8 Å². The summed E-state index contributed by atoms with van der Waals surface area (Å²) in [6.45, 7) is 24.5. The molecule has 7 atom stereocenters. The first-order chi connectivity index (χ1) is 20.4. The lowest BCUT2D eigenvalue weighted by atomic mass is 9.71. The lowest BCUT2D eigenvalue weighted by Gasteiger charge is -2.33. The summed E-state index contributed by atoms with van der Waals surface area (Å²) in [6.07, 6.45) is 6.04. The zero-order chi connectivity index (χ0) is 32.8. The third-order valence-corrected chi connectivity index (χ3v) is 12.2. The lowest BCUT2D eigenvalue weighted by Crippen LogP contribution is -2.46. The van der Waals surface area contributed by atoms with E-state index >= 15 is 0 Å². The molecular weight excluding hydrogens is 556 g/mol. The first-order valence-corrected chi connectivity index (χ1v) is 16.7. The maximum atomic E-state index is 13.1. The van der Waals surface area contributed by atoms with Crippen molar-refractivity contribution in [3.05, 3.63) is 24.3 Å². The van der Waals surface area contributed by atoms with Crippen LogP contribution in [-0.2, 0) is 28.7 Å². The molecule has 0 heterocycles. The molecule has 0 aliphatic heterocycles. The van der Waals surface area contributed by atoms with Gasteiger partial charge in [-0.3, -0.25) is 19.2 Å². The first-order valence-electron chi connectivity index (χ1n) is 16.7. The molecule has 4 aliphatic rings. The number of esters is 2. The van der Waals surface area contributed by atoms with Gasteiger partial charge >= 0.3 is 11.9 Å². The van der Waals surface area contributed by atoms with Crippen LogP contribution in [0, 0.1) is 39.9 Å². The highest BCUT2D eigenvalue weighted by Gasteiger charge is 2.62. The Hall–Kier alpha value is -2.64. The lowest BCUT2D eigenvalue weighted by molar-refractivity contribution is -0.153. The SMILES string of the molecule is C=C(C)C(=O)N(CCC(=O)OC1CC2(C)CCC1C2C(C)C)CN(CCC(=O)OC1CC2(C)CCC1C2(C)C)C(=O)C(=C)C. The van der Waals surface area contributed by atoms with E-state index in [4.69, 9.17) is 9.47 Å². The molecule has 0 aromatic heterocycles. The molecule has 246 valence electrons. The average Bonchev–Trinajstić information content (AvgIpc) is 3.54. The van der Waals surface area contributed by atoms with Crippen molar-refractivity contribution in [1.82, 2.24) is 9.80 Å². The van der Waals surface area contributed by atoms with Crippen molar-refractivity contribution in [1.29, 1.82) is 0 Å². The molecule has 0 radical (unpaired) electrons. The Morgan fingerprint density at radius 1 is 0.795 bits per heavy atom. The van der Waals surface area contributed by atoms with Gasteiger partial charge in [-0.1, -0.05) is 54.7 Å². The van der Waals surface area contributed by atoms with Gasteiger partial charge in [0.15, 0.2) is 0 Å². The second kappa shape index (κ2) is 12.6. The van der Waals surface area contributed by atoms with Crippen LogP contribution in [-0.4, -0.2) is 65.5 Å². The monoisotopic (exact) mass is 612 g/mol. The maximum Gasteiger partial charge on any atom is 0.307 e. The van der Waals surface area contributed by atoms with E-state index < -0.39 is 0 Å². The summed E-state index contributed by atoms with van der Waals surface area (Å²) in [7, 11) is 0. The normalized spacial score (nSPS) is 32.9. The molecule has 0 N–H and O–H groups in total. The molecule has 44 heavy (non-hydrogen) atoms. The Bertz CT molecular complexity index is 1190. The molecule has 0 spiro atoms. The molecule has 0 aromatic carbocycles. The van der Waals surface area contributed by atoms with Gasteiger partial charge in [0, 0.05) is 30.2 Å². The molecule has 8 nitrogen and oxygen atoms in total. The van der Waals surface area contributed by atoms with Gasteiger partial charge in [0.2, 0.25) is 11.8 Å². The summed E-state index contributed by atoms with van der Waals surface area (Å²) in [4.78, 5) is 55.2. The van der Waals surface area contributed by atoms with Crippen LogP contribution >= 0.6 is 0 Å². The minimum absolute atomic E-state index is 0.00931. The van der Waals surface area contributed by atoms with Crippen molar-refractivity contribution < 1.29 is 28.7 Å². The first kappa shape index (κ1) is 34.2. The second-order valence-corrected chi connectivity index (χ2v) is 15.9. The predicted octanol–water partition coefficient (Wildman–Crippen LogP) is 6.30. The van der Waals surface area contributed by atoms with Crippen LogP contribution in [0.4, 0.5) is 0 Å². The van der Waals surface area contributed by atoms with Crippen LogP contribution in [0.3, 0.4) is 0 Å². The molecular formula is C36H56N2O6. The van der Waals surface area contributed by atoms with Crippen LogP contribution in [0.25, 0.3) is 0 Å². The van der Waals surface area contributed by atoms with Crippen molar-refractivity contribution in [3.8, 4) is 0 Å². The van der Waals surface area contributed by atoms with Gasteiger partial charge in [0.05, 0.1) is 19.5 Å². The van der Waals surface area contributed by atoms with E-state index in [-0.39, 0.29) is 84.8 Å². The van der Waals surface area contributed by atoms with Gasteiger partial charge in [0.1, 0.15) is 12.2 Å². The van der Waals surface area contributed by atoms with Gasteiger partial charge in [-0.15, -0.1) is 0 Å². The Kier molecular flexibility index (Phi) is 9.83. The highest BCUT2D eigenvalue weighted by Crippen LogP contribution is 2.66. The molecule has 4 bridgehead atoms. The molecule has 7 unspecified atom stereocenters. The fourth-order valence-corrected chi connectivity index (χ4v) is 9.51. The summed E-state index contributed by atoms with van der Waals surface area (Å²) in [5, 5.41) is 0. The zero-order valence-corrected chi connectivity index (χ0v) is 28.5. The van der Waals surface area contributed by atoms with Gasteiger partial charge in [-0.25, -0.2) is 0 Å². The third kappa shape index (κ3) is 6.50. The molecule has 4 fully saturated rings. The number of hydrogen-bond donors (Lipinski definition) is 0. The fourth-order valence-electron chi connectivity index (χ4n) is 9.51. The number of fused-ring (bicyclic) bond motifs is 4. The Balaban J connectivity index is 1.35. The van der Waals surface area contributed by atoms with E-state index in [1.165, 1.54) is 16.2 Å². The van der Waals surface area contributed by atoms with Crippen LogP contribution < -0.4 is 0 Å². The highest BCUT2D eigenvalue weighted by atomic mass is 16.5. The Labute approximate surface area is 265 Å². The highest BCUT2D eigenvalue weighted by molar-refractivity contribution is 5.94. The minimum Gasteiger partial charge on any atom is -0.462 e. The quantitative estimate of drug-likeness (QED) is 0.138. The minimum atomic E-state index is -0.358. The topological polar surface area (TPSA) is 93.2 Å². The van der Waals surface area contributed by atoms with Gasteiger partial charge in [0.25, 0.3) is 0 Å². The van der Waals surface area contributed by atoms with Crippen LogP contribution in [0.1, 0.15) is 107 Å². The number of hydrogen-bond acceptors (Lipinski definition) is 6. The van der Waals surface area contributed by atoms with E-state index in [0.29, 0.717) is 34.8 Å². The molecule has 8 heteroatoms. The Morgan fingerprint density at radius 2 is 1.32 bits per heavy atom. The van der Waals surface area contributed by atoms with Gasteiger partial charge < -0.3 is 19.3 Å². The molecule has 0 aromatic rings. The van der Waals surface area contributed by atoms with Crippen LogP contribution in [0.15, 0.2) is 24.3 Å². The summed E-state index contributed by atoms with van der Waals surface area (Å²) in [5.74, 6) is 0.415. The fraction of sp³-hybridized carbons (Fsp3) is 0.778. The van der Waals surface area contributed by atoms with Crippen molar-refractivity contribution in [2.24, 2.45) is 39.9 Å². The number of amides is 2. The third-order valence-electron chi connectivity index (χ3n) is 12.2. The largest absolute Gasteiger partial charge is 0.462 e. The number of ether oxygens (including phenoxy) is 2. The summed E-state index contributed by atoms with van der Waals surface area (Å²) in [5.41, 5.74) is 1.10. The van der Waals surface area contributed by atoms with E-state index in [2.05, 4.69) is 54.7 Å². The summed E-state index contributed by atoms with van der Waals surface area (Å²) < 4.78 is 12.0. The van der Waals surface area contributed by atoms with Crippen molar-refractivity contribution in [2.45, 2.75) is 119 Å². The summed E-state index contributed by atoms with van der Waals surface area (Å²) >= 11 is 0. The van der Waals surface area contributed by atoms with E-state index in [9.17, 15) is 19.2 Å². The maximum absolute atomic E-state index is 13.1. The Morgan fingerprint density at radius 3 is 1.73 bits per heavy atom. The smallest absolute Gasteiger partial charge is 0.307 e. The van der Waals surface area contributed by atoms with Crippen molar-refractivity contribution in [2.75, 3.05) is 19.8 Å². The number of carbonyl (C=O) groups excluding carboxylic acids is 4. The number of nitrogens with zero attached hydrogens (tertiary/aromatic N) is 2. The molecule has 4 rings (SSSR count). The van der Waals surface area contributed by atoms with E-state index in [0.717, 1.165) is 32.1 Å². The molecule has 4 aliphatic carbocycles. The molecule has 0 saturated heterocycles. The van der Waals surface area contributed by atoms with E-state index in [1.807, 2.05) is 0 Å². The number of rotatable bonds is 13. The van der Waals surface area contributed by atoms with Gasteiger partial charge in [-0.05, 0) is 86.4 Å². The van der Waals surface area contributed by atoms with Crippen LogP contribution in [0.5, 0.6) is 0 Å². The van der Waals surface area contributed by atoms with Crippen molar-refractivity contribution in [3.63, 3.8) is 0 Å².